The van der Waals surface area contributed by atoms with Gasteiger partial charge in [-0.15, -0.1) is 0 Å². The summed E-state index contributed by atoms with van der Waals surface area (Å²) in [6.07, 6.45) is 4.90. The van der Waals surface area contributed by atoms with E-state index < -0.39 is 5.97 Å². The number of rotatable bonds is 6. The quantitative estimate of drug-likeness (QED) is 0.382. The molecule has 0 aromatic rings. The monoisotopic (exact) mass is 174 g/mol. The van der Waals surface area contributed by atoms with Gasteiger partial charge in [-0.3, -0.25) is 0 Å². The van der Waals surface area contributed by atoms with Gasteiger partial charge in [0.25, 0.3) is 0 Å². The van der Waals surface area contributed by atoms with Crippen molar-refractivity contribution in [3.8, 4) is 0 Å². The summed E-state index contributed by atoms with van der Waals surface area (Å²) < 4.78 is 0. The van der Waals surface area contributed by atoms with Crippen LogP contribution in [0.1, 0.15) is 46.0 Å². The highest BCUT2D eigenvalue weighted by atomic mass is 17.1. The van der Waals surface area contributed by atoms with E-state index in [0.717, 1.165) is 12.8 Å². The molecule has 3 heteroatoms. The minimum Gasteiger partial charge on any atom is -0.301 e. The van der Waals surface area contributed by atoms with Gasteiger partial charge in [0.2, 0.25) is 0 Å². The molecule has 0 spiro atoms. The second kappa shape index (κ2) is 7.10. The summed E-state index contributed by atoms with van der Waals surface area (Å²) in [5.74, 6) is -0.213. The van der Waals surface area contributed by atoms with Crippen molar-refractivity contribution in [1.29, 1.82) is 0 Å². The number of carbonyl (C=O) groups excluding carboxylic acids is 1. The predicted octanol–water partition coefficient (Wildman–Crippen LogP) is 2.61. The maximum absolute atomic E-state index is 10.6. The first-order valence-corrected chi connectivity index (χ1v) is 4.55. The van der Waals surface area contributed by atoms with Crippen LogP contribution in [0.2, 0.25) is 0 Å². The summed E-state index contributed by atoms with van der Waals surface area (Å²) in [7, 11) is 0. The number of hydrogen-bond acceptors (Lipinski definition) is 3. The zero-order valence-electron chi connectivity index (χ0n) is 7.88. The molecule has 0 radical (unpaired) electrons. The molecule has 0 aliphatic carbocycles. The van der Waals surface area contributed by atoms with Crippen molar-refractivity contribution in [3.63, 3.8) is 0 Å². The summed E-state index contributed by atoms with van der Waals surface area (Å²) in [4.78, 5) is 14.2. The maximum Gasteiger partial charge on any atom is 0.342 e. The lowest BCUT2D eigenvalue weighted by atomic mass is 10.0. The van der Waals surface area contributed by atoms with Gasteiger partial charge >= 0.3 is 5.97 Å². The topological polar surface area (TPSA) is 46.5 Å². The Bertz CT molecular complexity index is 123. The highest BCUT2D eigenvalue weighted by molar-refractivity contribution is 5.68. The van der Waals surface area contributed by atoms with Crippen LogP contribution in [-0.2, 0) is 9.68 Å². The SMILES string of the molecule is CCCCCC(C)CC(=O)OO. The van der Waals surface area contributed by atoms with Crippen LogP contribution in [-0.4, -0.2) is 11.2 Å². The van der Waals surface area contributed by atoms with E-state index in [4.69, 9.17) is 5.26 Å². The number of hydrogen-bond donors (Lipinski definition) is 1. The highest BCUT2D eigenvalue weighted by Gasteiger charge is 2.09. The van der Waals surface area contributed by atoms with Crippen LogP contribution in [0.4, 0.5) is 0 Å². The van der Waals surface area contributed by atoms with Gasteiger partial charge in [-0.25, -0.2) is 4.79 Å². The second-order valence-corrected chi connectivity index (χ2v) is 3.27. The molecule has 1 unspecified atom stereocenters. The number of unbranched alkanes of at least 4 members (excludes halogenated alkanes) is 2. The van der Waals surface area contributed by atoms with E-state index >= 15 is 0 Å². The largest absolute Gasteiger partial charge is 0.342 e. The summed E-state index contributed by atoms with van der Waals surface area (Å²) in [6.45, 7) is 4.14. The van der Waals surface area contributed by atoms with E-state index in [1.807, 2.05) is 6.92 Å². The fourth-order valence-electron chi connectivity index (χ4n) is 1.17. The first kappa shape index (κ1) is 11.4. The summed E-state index contributed by atoms with van der Waals surface area (Å²) in [5.41, 5.74) is 0. The average molecular weight is 174 g/mol. The van der Waals surface area contributed by atoms with E-state index in [0.29, 0.717) is 12.3 Å². The van der Waals surface area contributed by atoms with Crippen molar-refractivity contribution < 1.29 is 14.9 Å². The molecule has 3 nitrogen and oxygen atoms in total. The molecule has 72 valence electrons. The zero-order chi connectivity index (χ0) is 9.40. The van der Waals surface area contributed by atoms with E-state index in [2.05, 4.69) is 11.8 Å². The highest BCUT2D eigenvalue weighted by Crippen LogP contribution is 2.13. The molecule has 1 atom stereocenters. The van der Waals surface area contributed by atoms with E-state index in [1.54, 1.807) is 0 Å². The minimum absolute atomic E-state index is 0.316. The lowest BCUT2D eigenvalue weighted by molar-refractivity contribution is -0.235. The van der Waals surface area contributed by atoms with Crippen LogP contribution in [0, 0.1) is 5.92 Å². The van der Waals surface area contributed by atoms with Crippen LogP contribution in [0.3, 0.4) is 0 Å². The molecular formula is C9H18O3. The second-order valence-electron chi connectivity index (χ2n) is 3.27. The van der Waals surface area contributed by atoms with Gasteiger partial charge in [-0.1, -0.05) is 39.5 Å². The Balaban J connectivity index is 3.32. The molecule has 0 heterocycles. The van der Waals surface area contributed by atoms with Gasteiger partial charge in [-0.05, 0) is 5.92 Å². The Morgan fingerprint density at radius 2 is 2.17 bits per heavy atom. The van der Waals surface area contributed by atoms with Crippen molar-refractivity contribution in [2.75, 3.05) is 0 Å². The average Bonchev–Trinajstić information content (AvgIpc) is 2.05. The van der Waals surface area contributed by atoms with Crippen molar-refractivity contribution in [1.82, 2.24) is 0 Å². The molecule has 0 amide bonds. The Morgan fingerprint density at radius 3 is 2.67 bits per heavy atom. The summed E-state index contributed by atoms with van der Waals surface area (Å²) >= 11 is 0. The lowest BCUT2D eigenvalue weighted by Crippen LogP contribution is -2.07. The standard InChI is InChI=1S/C9H18O3/c1-3-4-5-6-8(2)7-9(10)12-11/h8,11H,3-7H2,1-2H3. The van der Waals surface area contributed by atoms with Gasteiger partial charge in [-0.2, -0.15) is 5.26 Å². The first-order valence-electron chi connectivity index (χ1n) is 4.55. The fraction of sp³-hybridized carbons (Fsp3) is 0.889. The summed E-state index contributed by atoms with van der Waals surface area (Å²) in [5, 5.41) is 8.01. The smallest absolute Gasteiger partial charge is 0.301 e. The van der Waals surface area contributed by atoms with Gasteiger partial charge in [0.05, 0.1) is 6.42 Å². The van der Waals surface area contributed by atoms with Gasteiger partial charge in [0.15, 0.2) is 0 Å². The molecule has 0 aliphatic heterocycles. The third-order valence-electron chi connectivity index (χ3n) is 1.92. The third-order valence-corrected chi connectivity index (χ3v) is 1.92. The van der Waals surface area contributed by atoms with E-state index in [-0.39, 0.29) is 0 Å². The van der Waals surface area contributed by atoms with Crippen molar-refractivity contribution in [3.05, 3.63) is 0 Å². The van der Waals surface area contributed by atoms with Gasteiger partial charge < -0.3 is 4.89 Å². The molecular weight excluding hydrogens is 156 g/mol. The Hall–Kier alpha value is -0.570. The Morgan fingerprint density at radius 1 is 1.50 bits per heavy atom. The molecule has 0 aromatic carbocycles. The molecule has 0 saturated carbocycles. The summed E-state index contributed by atoms with van der Waals surface area (Å²) in [6, 6.07) is 0. The van der Waals surface area contributed by atoms with Crippen molar-refractivity contribution in [2.45, 2.75) is 46.0 Å². The molecule has 0 aliphatic rings. The third kappa shape index (κ3) is 6.16. The molecule has 0 rings (SSSR count). The molecule has 1 N–H and O–H groups in total. The van der Waals surface area contributed by atoms with Crippen LogP contribution in [0.25, 0.3) is 0 Å². The van der Waals surface area contributed by atoms with E-state index in [1.165, 1.54) is 12.8 Å². The molecule has 0 aromatic heterocycles. The van der Waals surface area contributed by atoms with Gasteiger partial charge in [0.1, 0.15) is 0 Å². The van der Waals surface area contributed by atoms with Crippen LogP contribution in [0.15, 0.2) is 0 Å². The Labute approximate surface area is 73.7 Å². The molecule has 0 bridgehead atoms. The van der Waals surface area contributed by atoms with Gasteiger partial charge in [0, 0.05) is 0 Å². The normalized spacial score (nSPS) is 12.6. The predicted molar refractivity (Wildman–Crippen MR) is 46.6 cm³/mol. The molecule has 0 saturated heterocycles. The Kier molecular flexibility index (Phi) is 6.76. The lowest BCUT2D eigenvalue weighted by Gasteiger charge is -2.07. The van der Waals surface area contributed by atoms with Crippen LogP contribution in [0.5, 0.6) is 0 Å². The number of carbonyl (C=O) groups is 1. The van der Waals surface area contributed by atoms with Crippen molar-refractivity contribution >= 4 is 5.97 Å². The maximum atomic E-state index is 10.6. The fourth-order valence-corrected chi connectivity index (χ4v) is 1.17. The zero-order valence-corrected chi connectivity index (χ0v) is 7.88. The molecule has 12 heavy (non-hydrogen) atoms. The molecule has 0 fully saturated rings. The minimum atomic E-state index is -0.529. The van der Waals surface area contributed by atoms with Crippen LogP contribution < -0.4 is 0 Å². The van der Waals surface area contributed by atoms with Crippen LogP contribution >= 0.6 is 0 Å². The van der Waals surface area contributed by atoms with E-state index in [9.17, 15) is 4.79 Å². The van der Waals surface area contributed by atoms with Crippen molar-refractivity contribution in [2.24, 2.45) is 5.92 Å². The first-order chi connectivity index (χ1) is 5.70.